The highest BCUT2D eigenvalue weighted by atomic mass is 16.5. The molecule has 0 aliphatic rings. The van der Waals surface area contributed by atoms with Crippen molar-refractivity contribution in [2.75, 3.05) is 6.61 Å². The lowest BCUT2D eigenvalue weighted by Crippen LogP contribution is -2.25. The van der Waals surface area contributed by atoms with E-state index in [1.54, 1.807) is 0 Å². The van der Waals surface area contributed by atoms with Crippen LogP contribution in [0.3, 0.4) is 0 Å². The Morgan fingerprint density at radius 1 is 0.857 bits per heavy atom. The summed E-state index contributed by atoms with van der Waals surface area (Å²) in [6, 6.07) is 6.50. The first-order chi connectivity index (χ1) is 9.38. The molecule has 0 atom stereocenters. The summed E-state index contributed by atoms with van der Waals surface area (Å²) in [5.74, 6) is 1.05. The second-order valence-corrected chi connectivity index (χ2v) is 8.99. The van der Waals surface area contributed by atoms with Gasteiger partial charge in [0.1, 0.15) is 5.75 Å². The maximum Gasteiger partial charge on any atom is 0.123 e. The van der Waals surface area contributed by atoms with Crippen molar-refractivity contribution in [2.45, 2.75) is 79.6 Å². The molecule has 0 amide bonds. The van der Waals surface area contributed by atoms with Crippen LogP contribution in [-0.4, -0.2) is 6.61 Å². The van der Waals surface area contributed by atoms with Crippen molar-refractivity contribution in [3.63, 3.8) is 0 Å². The summed E-state index contributed by atoms with van der Waals surface area (Å²) in [6.07, 6.45) is 1.12. The van der Waals surface area contributed by atoms with Crippen LogP contribution in [0.15, 0.2) is 18.2 Å². The van der Waals surface area contributed by atoms with Crippen LogP contribution in [0.5, 0.6) is 5.75 Å². The van der Waals surface area contributed by atoms with Crippen molar-refractivity contribution in [1.29, 1.82) is 0 Å². The normalized spacial score (nSPS) is 13.4. The van der Waals surface area contributed by atoms with Crippen molar-refractivity contribution >= 4 is 0 Å². The molecule has 21 heavy (non-hydrogen) atoms. The molecular weight excluding hydrogens is 256 g/mol. The molecule has 120 valence electrons. The van der Waals surface area contributed by atoms with Gasteiger partial charge in [0.15, 0.2) is 0 Å². The summed E-state index contributed by atoms with van der Waals surface area (Å²) in [4.78, 5) is 0. The predicted octanol–water partition coefficient (Wildman–Crippen LogP) is 6.10. The van der Waals surface area contributed by atoms with E-state index in [2.05, 4.69) is 80.5 Å². The van der Waals surface area contributed by atoms with Crippen LogP contribution in [0.25, 0.3) is 0 Å². The Labute approximate surface area is 132 Å². The standard InChI is InChI=1S/C20H34O/c1-10-20(8,9)14-21-16-13-11-12-15(18(2,3)4)17(16)19(5,6)7/h11-13H,10,14H2,1-9H3. The third-order valence-corrected chi connectivity index (χ3v) is 4.16. The Morgan fingerprint density at radius 2 is 1.43 bits per heavy atom. The Bertz CT molecular complexity index is 470. The minimum absolute atomic E-state index is 0.0789. The van der Waals surface area contributed by atoms with E-state index < -0.39 is 0 Å². The van der Waals surface area contributed by atoms with Gasteiger partial charge >= 0.3 is 0 Å². The summed E-state index contributed by atoms with van der Waals surface area (Å²) in [6.45, 7) is 21.2. The third-order valence-electron chi connectivity index (χ3n) is 4.16. The van der Waals surface area contributed by atoms with Crippen LogP contribution in [0.4, 0.5) is 0 Å². The second-order valence-electron chi connectivity index (χ2n) is 8.99. The Morgan fingerprint density at radius 3 is 1.86 bits per heavy atom. The lowest BCUT2D eigenvalue weighted by Gasteiger charge is -2.33. The smallest absolute Gasteiger partial charge is 0.123 e. The van der Waals surface area contributed by atoms with E-state index in [0.29, 0.717) is 0 Å². The lowest BCUT2D eigenvalue weighted by atomic mass is 9.75. The highest BCUT2D eigenvalue weighted by Gasteiger charge is 2.29. The number of ether oxygens (including phenoxy) is 1. The zero-order chi connectivity index (χ0) is 16.5. The van der Waals surface area contributed by atoms with Crippen LogP contribution in [0.1, 0.15) is 79.9 Å². The summed E-state index contributed by atoms with van der Waals surface area (Å²) in [5.41, 5.74) is 3.16. The van der Waals surface area contributed by atoms with Gasteiger partial charge in [-0.3, -0.25) is 0 Å². The van der Waals surface area contributed by atoms with E-state index in [0.717, 1.165) is 18.8 Å². The van der Waals surface area contributed by atoms with Crippen molar-refractivity contribution in [3.8, 4) is 5.75 Å². The summed E-state index contributed by atoms with van der Waals surface area (Å²) >= 11 is 0. The minimum Gasteiger partial charge on any atom is -0.493 e. The number of hydrogen-bond donors (Lipinski definition) is 0. The average Bonchev–Trinajstić information content (AvgIpc) is 2.34. The number of benzene rings is 1. The van der Waals surface area contributed by atoms with Crippen molar-refractivity contribution in [3.05, 3.63) is 29.3 Å². The van der Waals surface area contributed by atoms with Gasteiger partial charge in [0.05, 0.1) is 6.61 Å². The highest BCUT2D eigenvalue weighted by molar-refractivity contribution is 5.47. The zero-order valence-corrected chi connectivity index (χ0v) is 15.6. The monoisotopic (exact) mass is 290 g/mol. The van der Waals surface area contributed by atoms with Crippen molar-refractivity contribution in [1.82, 2.24) is 0 Å². The first-order valence-electron chi connectivity index (χ1n) is 8.15. The SMILES string of the molecule is CCC(C)(C)COc1cccc(C(C)(C)C)c1C(C)(C)C. The third kappa shape index (κ3) is 4.76. The fourth-order valence-electron chi connectivity index (χ4n) is 2.43. The van der Waals surface area contributed by atoms with Gasteiger partial charge < -0.3 is 4.74 Å². The summed E-state index contributed by atoms with van der Waals surface area (Å²) in [5, 5.41) is 0. The molecule has 0 N–H and O–H groups in total. The molecule has 0 spiro atoms. The van der Waals surface area contributed by atoms with Gasteiger partial charge in [-0.1, -0.05) is 74.4 Å². The topological polar surface area (TPSA) is 9.23 Å². The molecule has 0 aliphatic carbocycles. The molecule has 1 aromatic carbocycles. The molecule has 0 radical (unpaired) electrons. The molecule has 0 saturated heterocycles. The molecule has 0 aromatic heterocycles. The molecular formula is C20H34O. The largest absolute Gasteiger partial charge is 0.493 e. The van der Waals surface area contributed by atoms with E-state index in [1.807, 2.05) is 0 Å². The molecule has 0 aliphatic heterocycles. The summed E-state index contributed by atoms with van der Waals surface area (Å²) < 4.78 is 6.26. The first-order valence-corrected chi connectivity index (χ1v) is 8.15. The maximum absolute atomic E-state index is 6.26. The van der Waals surface area contributed by atoms with Crippen LogP contribution in [0, 0.1) is 5.41 Å². The molecule has 1 nitrogen and oxygen atoms in total. The zero-order valence-electron chi connectivity index (χ0n) is 15.6. The van der Waals surface area contributed by atoms with Crippen LogP contribution in [0.2, 0.25) is 0 Å². The Kier molecular flexibility index (Phi) is 5.18. The first kappa shape index (κ1) is 18.1. The molecule has 1 heteroatoms. The van der Waals surface area contributed by atoms with Crippen LogP contribution >= 0.6 is 0 Å². The van der Waals surface area contributed by atoms with Crippen molar-refractivity contribution in [2.24, 2.45) is 5.41 Å². The average molecular weight is 290 g/mol. The highest BCUT2D eigenvalue weighted by Crippen LogP contribution is 2.40. The fourth-order valence-corrected chi connectivity index (χ4v) is 2.43. The predicted molar refractivity (Wildman–Crippen MR) is 93.4 cm³/mol. The second kappa shape index (κ2) is 6.02. The van der Waals surface area contributed by atoms with E-state index in [4.69, 9.17) is 4.74 Å². The number of hydrogen-bond acceptors (Lipinski definition) is 1. The molecule has 0 heterocycles. The van der Waals surface area contributed by atoms with E-state index in [-0.39, 0.29) is 16.2 Å². The van der Waals surface area contributed by atoms with Gasteiger partial charge in [0.2, 0.25) is 0 Å². The van der Waals surface area contributed by atoms with Crippen LogP contribution < -0.4 is 4.74 Å². The molecule has 0 bridgehead atoms. The maximum atomic E-state index is 6.26. The van der Waals surface area contributed by atoms with E-state index in [9.17, 15) is 0 Å². The molecule has 0 unspecified atom stereocenters. The van der Waals surface area contributed by atoms with E-state index >= 15 is 0 Å². The quantitative estimate of drug-likeness (QED) is 0.651. The van der Waals surface area contributed by atoms with Gasteiger partial charge in [0, 0.05) is 5.56 Å². The molecule has 1 aromatic rings. The molecule has 0 saturated carbocycles. The Balaban J connectivity index is 3.27. The van der Waals surface area contributed by atoms with Crippen LogP contribution in [-0.2, 0) is 10.8 Å². The van der Waals surface area contributed by atoms with Gasteiger partial charge in [-0.2, -0.15) is 0 Å². The van der Waals surface area contributed by atoms with Gasteiger partial charge in [-0.15, -0.1) is 0 Å². The Hall–Kier alpha value is -0.980. The van der Waals surface area contributed by atoms with Crippen molar-refractivity contribution < 1.29 is 4.74 Å². The lowest BCUT2D eigenvalue weighted by molar-refractivity contribution is 0.172. The van der Waals surface area contributed by atoms with E-state index in [1.165, 1.54) is 11.1 Å². The molecule has 0 fully saturated rings. The van der Waals surface area contributed by atoms with Gasteiger partial charge in [-0.05, 0) is 34.3 Å². The number of rotatable bonds is 4. The molecule has 1 rings (SSSR count). The fraction of sp³-hybridized carbons (Fsp3) is 0.700. The van der Waals surface area contributed by atoms with Gasteiger partial charge in [0.25, 0.3) is 0 Å². The minimum atomic E-state index is 0.0789. The summed E-state index contributed by atoms with van der Waals surface area (Å²) in [7, 11) is 0. The van der Waals surface area contributed by atoms with Gasteiger partial charge in [-0.25, -0.2) is 0 Å².